The number of rotatable bonds is 24. The summed E-state index contributed by atoms with van der Waals surface area (Å²) in [6, 6.07) is 0. The maximum atomic E-state index is 2.67. The summed E-state index contributed by atoms with van der Waals surface area (Å²) in [4.78, 5) is 5.34. The fourth-order valence-electron chi connectivity index (χ4n) is 5.13. The minimum absolute atomic E-state index is 0.643. The van der Waals surface area contributed by atoms with Gasteiger partial charge in [0.1, 0.15) is 6.17 Å². The van der Waals surface area contributed by atoms with Gasteiger partial charge in [-0.25, -0.2) is 0 Å². The van der Waals surface area contributed by atoms with E-state index in [4.69, 9.17) is 0 Å². The van der Waals surface area contributed by atoms with Gasteiger partial charge in [-0.3, -0.25) is 0 Å². The van der Waals surface area contributed by atoms with Crippen LogP contribution in [0.2, 0.25) is 0 Å². The molecular formula is C30H60N2. The summed E-state index contributed by atoms with van der Waals surface area (Å²) in [5.74, 6) is 0. The smallest absolute Gasteiger partial charge is 0.101 e. The minimum Gasteiger partial charge on any atom is -0.356 e. The van der Waals surface area contributed by atoms with Crippen molar-refractivity contribution in [2.24, 2.45) is 0 Å². The number of hydrogen-bond acceptors (Lipinski definition) is 2. The SMILES string of the molecule is CCCCCCCCCCCN1C=CN(CCCCCCCCCCC)C1CCCCC. The quantitative estimate of drug-likeness (QED) is 0.135. The van der Waals surface area contributed by atoms with Gasteiger partial charge in [0.25, 0.3) is 0 Å². The van der Waals surface area contributed by atoms with E-state index in [0.29, 0.717) is 6.17 Å². The predicted molar refractivity (Wildman–Crippen MR) is 145 cm³/mol. The first-order valence-electron chi connectivity index (χ1n) is 15.0. The molecule has 0 aromatic rings. The van der Waals surface area contributed by atoms with Crippen LogP contribution in [0.4, 0.5) is 0 Å². The molecule has 1 aliphatic rings. The van der Waals surface area contributed by atoms with E-state index >= 15 is 0 Å². The Kier molecular flexibility index (Phi) is 20.3. The van der Waals surface area contributed by atoms with Crippen LogP contribution in [0.3, 0.4) is 0 Å². The standard InChI is InChI=1S/C30H60N2/c1-4-7-10-12-14-16-18-20-23-26-31-28-29-32(30(31)25-22-9-6-3)27-24-21-19-17-15-13-11-8-5-2/h28-30H,4-27H2,1-3H3. The molecule has 0 amide bonds. The lowest BCUT2D eigenvalue weighted by Gasteiger charge is -2.33. The summed E-state index contributed by atoms with van der Waals surface area (Å²) in [7, 11) is 0. The summed E-state index contributed by atoms with van der Waals surface area (Å²) in [5, 5.41) is 0. The molecule has 0 saturated heterocycles. The molecule has 0 unspecified atom stereocenters. The van der Waals surface area contributed by atoms with E-state index in [2.05, 4.69) is 43.0 Å². The van der Waals surface area contributed by atoms with Crippen LogP contribution in [0.25, 0.3) is 0 Å². The highest BCUT2D eigenvalue weighted by atomic mass is 15.4. The van der Waals surface area contributed by atoms with Crippen molar-refractivity contribution < 1.29 is 0 Å². The summed E-state index contributed by atoms with van der Waals surface area (Å²) in [5.41, 5.74) is 0. The third kappa shape index (κ3) is 15.2. The Hall–Kier alpha value is -0.660. The van der Waals surface area contributed by atoms with Crippen molar-refractivity contribution in [1.29, 1.82) is 0 Å². The molecule has 1 rings (SSSR count). The molecule has 0 aromatic heterocycles. The molecule has 2 nitrogen and oxygen atoms in total. The average molecular weight is 449 g/mol. The Labute approximate surface area is 203 Å². The average Bonchev–Trinajstić information content (AvgIpc) is 3.18. The van der Waals surface area contributed by atoms with E-state index < -0.39 is 0 Å². The van der Waals surface area contributed by atoms with Crippen molar-refractivity contribution in [3.8, 4) is 0 Å². The molecule has 0 radical (unpaired) electrons. The first-order valence-corrected chi connectivity index (χ1v) is 15.0. The third-order valence-corrected chi connectivity index (χ3v) is 7.32. The number of nitrogens with zero attached hydrogens (tertiary/aromatic N) is 2. The third-order valence-electron chi connectivity index (χ3n) is 7.32. The van der Waals surface area contributed by atoms with Crippen LogP contribution in [0.15, 0.2) is 12.4 Å². The first-order chi connectivity index (χ1) is 15.8. The van der Waals surface area contributed by atoms with E-state index in [-0.39, 0.29) is 0 Å². The van der Waals surface area contributed by atoms with Crippen molar-refractivity contribution in [3.63, 3.8) is 0 Å². The van der Waals surface area contributed by atoms with E-state index in [1.54, 1.807) is 0 Å². The van der Waals surface area contributed by atoms with Crippen LogP contribution >= 0.6 is 0 Å². The molecule has 32 heavy (non-hydrogen) atoms. The highest BCUT2D eigenvalue weighted by Gasteiger charge is 2.24. The fraction of sp³-hybridized carbons (Fsp3) is 0.933. The van der Waals surface area contributed by atoms with Gasteiger partial charge in [-0.05, 0) is 25.7 Å². The molecule has 0 N–H and O–H groups in total. The molecule has 0 bridgehead atoms. The van der Waals surface area contributed by atoms with Gasteiger partial charge in [-0.1, -0.05) is 136 Å². The normalized spacial score (nSPS) is 14.2. The lowest BCUT2D eigenvalue weighted by molar-refractivity contribution is 0.135. The van der Waals surface area contributed by atoms with Crippen molar-refractivity contribution >= 4 is 0 Å². The fourth-order valence-corrected chi connectivity index (χ4v) is 5.13. The van der Waals surface area contributed by atoms with Crippen molar-refractivity contribution in [1.82, 2.24) is 9.80 Å². The maximum Gasteiger partial charge on any atom is 0.101 e. The molecule has 0 fully saturated rings. The Balaban J connectivity index is 2.17. The molecule has 0 aromatic carbocycles. The van der Waals surface area contributed by atoms with E-state index in [9.17, 15) is 0 Å². The zero-order valence-electron chi connectivity index (χ0n) is 22.6. The largest absolute Gasteiger partial charge is 0.356 e. The Morgan fingerprint density at radius 3 is 1.09 bits per heavy atom. The molecule has 0 saturated carbocycles. The summed E-state index contributed by atoms with van der Waals surface area (Å²) in [6.07, 6.45) is 36.5. The topological polar surface area (TPSA) is 6.48 Å². The van der Waals surface area contributed by atoms with Gasteiger partial charge in [-0.15, -0.1) is 0 Å². The number of hydrogen-bond donors (Lipinski definition) is 0. The van der Waals surface area contributed by atoms with Crippen LogP contribution < -0.4 is 0 Å². The highest BCUT2D eigenvalue weighted by molar-refractivity contribution is 4.96. The van der Waals surface area contributed by atoms with Crippen molar-refractivity contribution in [3.05, 3.63) is 12.4 Å². The molecular weight excluding hydrogens is 388 g/mol. The molecule has 0 atom stereocenters. The van der Waals surface area contributed by atoms with Gasteiger partial charge >= 0.3 is 0 Å². The van der Waals surface area contributed by atoms with Crippen LogP contribution in [0, 0.1) is 0 Å². The van der Waals surface area contributed by atoms with Gasteiger partial charge in [0.15, 0.2) is 0 Å². The Morgan fingerprint density at radius 1 is 0.406 bits per heavy atom. The second-order valence-electron chi connectivity index (χ2n) is 10.4. The second kappa shape index (κ2) is 22.1. The van der Waals surface area contributed by atoms with Crippen LogP contribution in [-0.2, 0) is 0 Å². The van der Waals surface area contributed by atoms with E-state index in [1.165, 1.54) is 154 Å². The van der Waals surface area contributed by atoms with Gasteiger partial charge < -0.3 is 9.80 Å². The van der Waals surface area contributed by atoms with Crippen LogP contribution in [0.5, 0.6) is 0 Å². The zero-order valence-corrected chi connectivity index (χ0v) is 22.6. The van der Waals surface area contributed by atoms with Crippen LogP contribution in [0.1, 0.15) is 162 Å². The minimum atomic E-state index is 0.643. The van der Waals surface area contributed by atoms with E-state index in [1.807, 2.05) is 0 Å². The Morgan fingerprint density at radius 2 is 0.719 bits per heavy atom. The summed E-state index contributed by atoms with van der Waals surface area (Å²) in [6.45, 7) is 9.46. The molecule has 0 aliphatic carbocycles. The van der Waals surface area contributed by atoms with Crippen molar-refractivity contribution in [2.45, 2.75) is 168 Å². The summed E-state index contributed by atoms with van der Waals surface area (Å²) >= 11 is 0. The van der Waals surface area contributed by atoms with Gasteiger partial charge in [0, 0.05) is 25.5 Å². The molecule has 190 valence electrons. The molecule has 2 heteroatoms. The second-order valence-corrected chi connectivity index (χ2v) is 10.4. The van der Waals surface area contributed by atoms with E-state index in [0.717, 1.165) is 0 Å². The maximum absolute atomic E-state index is 2.67. The van der Waals surface area contributed by atoms with Crippen LogP contribution in [-0.4, -0.2) is 29.1 Å². The summed E-state index contributed by atoms with van der Waals surface area (Å²) < 4.78 is 0. The lowest BCUT2D eigenvalue weighted by Crippen LogP contribution is -2.39. The number of unbranched alkanes of at least 4 members (excludes halogenated alkanes) is 18. The highest BCUT2D eigenvalue weighted by Crippen LogP contribution is 2.23. The molecule has 0 spiro atoms. The first kappa shape index (κ1) is 29.4. The monoisotopic (exact) mass is 448 g/mol. The predicted octanol–water partition coefficient (Wildman–Crippen LogP) is 10.0. The molecule has 1 heterocycles. The molecule has 1 aliphatic heterocycles. The Bertz CT molecular complexity index is 374. The van der Waals surface area contributed by atoms with Gasteiger partial charge in [0.05, 0.1) is 0 Å². The van der Waals surface area contributed by atoms with Crippen molar-refractivity contribution in [2.75, 3.05) is 13.1 Å². The van der Waals surface area contributed by atoms with Gasteiger partial charge in [0.2, 0.25) is 0 Å². The van der Waals surface area contributed by atoms with Gasteiger partial charge in [-0.2, -0.15) is 0 Å². The zero-order chi connectivity index (χ0) is 23.1. The lowest BCUT2D eigenvalue weighted by atomic mass is 10.1.